The number of hydrogen-bond donors (Lipinski definition) is 2. The highest BCUT2D eigenvalue weighted by atomic mass is 35.5. The van der Waals surface area contributed by atoms with Crippen LogP contribution >= 0.6 is 23.4 Å². The smallest absolute Gasteiger partial charge is 0.446 e. The van der Waals surface area contributed by atoms with Gasteiger partial charge in [-0.25, -0.2) is 4.79 Å². The van der Waals surface area contributed by atoms with Crippen LogP contribution in [0.1, 0.15) is 37.9 Å². The second kappa shape index (κ2) is 13.0. The highest BCUT2D eigenvalue weighted by Gasteiger charge is 2.29. The van der Waals surface area contributed by atoms with E-state index in [4.69, 9.17) is 16.3 Å². The van der Waals surface area contributed by atoms with Crippen LogP contribution in [0.5, 0.6) is 0 Å². The van der Waals surface area contributed by atoms with Gasteiger partial charge in [0.25, 0.3) is 0 Å². The second-order valence-electron chi connectivity index (χ2n) is 9.94. The summed E-state index contributed by atoms with van der Waals surface area (Å²) >= 11 is 5.90. The van der Waals surface area contributed by atoms with Crippen LogP contribution in [0.4, 0.5) is 29.3 Å². The predicted molar refractivity (Wildman–Crippen MR) is 151 cm³/mol. The first kappa shape index (κ1) is 31.3. The summed E-state index contributed by atoms with van der Waals surface area (Å²) in [7, 11) is 3.77. The summed E-state index contributed by atoms with van der Waals surface area (Å²) < 4.78 is 44.5. The maximum Gasteiger partial charge on any atom is 0.446 e. The number of thioether (sulfide) groups is 1. The maximum absolute atomic E-state index is 13.0. The molecule has 0 radical (unpaired) electrons. The SMILES string of the molecule is CN(C)CC(C)(C)OC(=O)CCCC(=O)n1cc(NC(=O)Nc2ccc(SC(F)(F)F)cc2)c2cc(Cl)ccc21. The predicted octanol–water partition coefficient (Wildman–Crippen LogP) is 7.24. The molecule has 0 aliphatic carbocycles. The van der Waals surface area contributed by atoms with Gasteiger partial charge in [0, 0.05) is 46.6 Å². The van der Waals surface area contributed by atoms with Crippen molar-refractivity contribution >= 4 is 63.5 Å². The number of amides is 2. The number of benzene rings is 2. The van der Waals surface area contributed by atoms with Crippen LogP contribution in [0.3, 0.4) is 0 Å². The number of alkyl halides is 3. The van der Waals surface area contributed by atoms with Gasteiger partial charge in [0.05, 0.1) is 11.2 Å². The van der Waals surface area contributed by atoms with E-state index >= 15 is 0 Å². The molecule has 0 unspecified atom stereocenters. The van der Waals surface area contributed by atoms with E-state index in [9.17, 15) is 27.6 Å². The summed E-state index contributed by atoms with van der Waals surface area (Å²) in [5.41, 5.74) is -3.98. The quantitative estimate of drug-likeness (QED) is 0.189. The fourth-order valence-electron chi connectivity index (χ4n) is 4.19. The summed E-state index contributed by atoms with van der Waals surface area (Å²) in [6, 6.07) is 9.40. The Hall–Kier alpha value is -3.22. The van der Waals surface area contributed by atoms with Gasteiger partial charge in [-0.2, -0.15) is 13.2 Å². The molecule has 0 saturated heterocycles. The number of ether oxygens (including phenoxy) is 1. The molecule has 0 bridgehead atoms. The number of nitrogens with one attached hydrogen (secondary N) is 2. The molecule has 0 aliphatic rings. The van der Waals surface area contributed by atoms with Crippen LogP contribution in [0.25, 0.3) is 10.9 Å². The molecule has 0 fully saturated rings. The molecule has 3 rings (SSSR count). The first-order chi connectivity index (χ1) is 18.6. The van der Waals surface area contributed by atoms with Gasteiger partial charge in [0.15, 0.2) is 0 Å². The highest BCUT2D eigenvalue weighted by molar-refractivity contribution is 8.00. The minimum Gasteiger partial charge on any atom is -0.458 e. The minimum atomic E-state index is -4.41. The van der Waals surface area contributed by atoms with Crippen molar-refractivity contribution in [1.29, 1.82) is 0 Å². The van der Waals surface area contributed by atoms with Crippen LogP contribution in [-0.4, -0.2) is 59.1 Å². The zero-order valence-corrected chi connectivity index (χ0v) is 24.0. The van der Waals surface area contributed by atoms with Gasteiger partial charge in [-0.05, 0) is 88.6 Å². The van der Waals surface area contributed by atoms with Crippen molar-refractivity contribution in [2.45, 2.75) is 49.1 Å². The van der Waals surface area contributed by atoms with Crippen molar-refractivity contribution in [3.63, 3.8) is 0 Å². The molecular weight excluding hydrogens is 569 g/mol. The molecule has 0 atom stereocenters. The Balaban J connectivity index is 1.65. The lowest BCUT2D eigenvalue weighted by atomic mass is 10.1. The number of carbonyl (C=O) groups excluding carboxylic acids is 3. The Morgan fingerprint density at radius 3 is 2.33 bits per heavy atom. The zero-order chi connectivity index (χ0) is 29.7. The lowest BCUT2D eigenvalue weighted by Crippen LogP contribution is -2.38. The number of urea groups is 1. The number of hydrogen-bond acceptors (Lipinski definition) is 6. The first-order valence-electron chi connectivity index (χ1n) is 12.3. The molecule has 2 N–H and O–H groups in total. The van der Waals surface area contributed by atoms with Crippen molar-refractivity contribution < 1.29 is 32.3 Å². The number of esters is 1. The first-order valence-corrected chi connectivity index (χ1v) is 13.5. The van der Waals surface area contributed by atoms with Crippen molar-refractivity contribution in [3.05, 3.63) is 53.7 Å². The molecule has 1 heterocycles. The Morgan fingerprint density at radius 1 is 1.02 bits per heavy atom. The summed E-state index contributed by atoms with van der Waals surface area (Å²) in [6.45, 7) is 4.20. The summed E-state index contributed by atoms with van der Waals surface area (Å²) in [4.78, 5) is 39.9. The Labute approximate surface area is 239 Å². The molecule has 8 nitrogen and oxygen atoms in total. The minimum absolute atomic E-state index is 0.0137. The second-order valence-corrected chi connectivity index (χ2v) is 11.5. The standard InChI is InChI=1S/C27H30ClF3N4O4S/c1-26(2,16-34(3)4)39-24(37)7-5-6-23(36)35-15-21(20-14-17(28)8-13-22(20)35)33-25(38)32-18-9-11-19(12-10-18)40-27(29,30)31/h8-15H,5-7,16H2,1-4H3,(H2,32,33,38). The highest BCUT2D eigenvalue weighted by Crippen LogP contribution is 2.37. The lowest BCUT2D eigenvalue weighted by molar-refractivity contribution is -0.157. The zero-order valence-electron chi connectivity index (χ0n) is 22.4. The molecule has 216 valence electrons. The Bertz CT molecular complexity index is 1370. The molecule has 2 amide bonds. The molecule has 0 saturated carbocycles. The van der Waals surface area contributed by atoms with Gasteiger partial charge in [-0.3, -0.25) is 14.2 Å². The van der Waals surface area contributed by atoms with E-state index in [-0.39, 0.29) is 47.5 Å². The van der Waals surface area contributed by atoms with Crippen molar-refractivity contribution in [1.82, 2.24) is 9.47 Å². The van der Waals surface area contributed by atoms with Crippen molar-refractivity contribution in [2.24, 2.45) is 0 Å². The molecule has 2 aromatic carbocycles. The number of carbonyl (C=O) groups is 3. The summed E-state index contributed by atoms with van der Waals surface area (Å²) in [5.74, 6) is -0.688. The van der Waals surface area contributed by atoms with Gasteiger partial charge < -0.3 is 20.3 Å². The third-order valence-corrected chi connectivity index (χ3v) is 6.46. The largest absolute Gasteiger partial charge is 0.458 e. The van der Waals surface area contributed by atoms with Crippen molar-refractivity contribution in [3.8, 4) is 0 Å². The molecule has 3 aromatic rings. The van der Waals surface area contributed by atoms with Gasteiger partial charge in [0.2, 0.25) is 5.91 Å². The van der Waals surface area contributed by atoms with Crippen LogP contribution in [0, 0.1) is 0 Å². The summed E-state index contributed by atoms with van der Waals surface area (Å²) in [6.07, 6.45) is 1.87. The number of fused-ring (bicyclic) bond motifs is 1. The Morgan fingerprint density at radius 2 is 1.70 bits per heavy atom. The Kier molecular flexibility index (Phi) is 10.1. The monoisotopic (exact) mass is 598 g/mol. The number of anilines is 2. The molecular formula is C27H30ClF3N4O4S. The van der Waals surface area contributed by atoms with E-state index in [1.165, 1.54) is 35.0 Å². The van der Waals surface area contributed by atoms with E-state index in [1.807, 2.05) is 32.8 Å². The van der Waals surface area contributed by atoms with E-state index in [0.29, 0.717) is 28.2 Å². The van der Waals surface area contributed by atoms with E-state index in [0.717, 1.165) is 0 Å². The van der Waals surface area contributed by atoms with E-state index in [1.54, 1.807) is 18.2 Å². The number of halogens is 4. The number of nitrogens with zero attached hydrogens (tertiary/aromatic N) is 2. The molecule has 0 aliphatic heterocycles. The lowest BCUT2D eigenvalue weighted by Gasteiger charge is -2.28. The molecule has 1 aromatic heterocycles. The van der Waals surface area contributed by atoms with Gasteiger partial charge >= 0.3 is 17.5 Å². The van der Waals surface area contributed by atoms with Crippen LogP contribution in [0.2, 0.25) is 5.02 Å². The third-order valence-electron chi connectivity index (χ3n) is 5.49. The van der Waals surface area contributed by atoms with Crippen molar-refractivity contribution in [2.75, 3.05) is 31.3 Å². The third kappa shape index (κ3) is 9.46. The van der Waals surface area contributed by atoms with Gasteiger partial charge in [-0.1, -0.05) is 11.6 Å². The number of rotatable bonds is 10. The van der Waals surface area contributed by atoms with Gasteiger partial charge in [-0.15, -0.1) is 0 Å². The normalized spacial score (nSPS) is 12.0. The van der Waals surface area contributed by atoms with Crippen LogP contribution in [-0.2, 0) is 9.53 Å². The molecule has 40 heavy (non-hydrogen) atoms. The fourth-order valence-corrected chi connectivity index (χ4v) is 4.90. The summed E-state index contributed by atoms with van der Waals surface area (Å²) in [5, 5.41) is 6.11. The average Bonchev–Trinajstić information content (AvgIpc) is 3.15. The van der Waals surface area contributed by atoms with Crippen LogP contribution < -0.4 is 10.6 Å². The topological polar surface area (TPSA) is 92.7 Å². The van der Waals surface area contributed by atoms with E-state index in [2.05, 4.69) is 10.6 Å². The molecule has 13 heteroatoms. The average molecular weight is 599 g/mol. The maximum atomic E-state index is 13.0. The number of aromatic nitrogens is 1. The fraction of sp³-hybridized carbons (Fsp3) is 0.370. The van der Waals surface area contributed by atoms with Crippen LogP contribution in [0.15, 0.2) is 53.6 Å². The molecule has 0 spiro atoms. The van der Waals surface area contributed by atoms with E-state index < -0.39 is 23.1 Å². The number of likely N-dealkylation sites (N-methyl/N-ethyl adjacent to an activating group) is 1. The van der Waals surface area contributed by atoms with Gasteiger partial charge in [0.1, 0.15) is 5.60 Å².